The number of ether oxygens (including phenoxy) is 1. The van der Waals surface area contributed by atoms with Gasteiger partial charge in [0.2, 0.25) is 0 Å². The second-order valence-corrected chi connectivity index (χ2v) is 7.81. The Morgan fingerprint density at radius 2 is 2.33 bits per heavy atom. The highest BCUT2D eigenvalue weighted by molar-refractivity contribution is 9.12. The van der Waals surface area contributed by atoms with E-state index in [1.807, 2.05) is 0 Å². The van der Waals surface area contributed by atoms with Crippen molar-refractivity contribution in [2.75, 3.05) is 13.7 Å². The summed E-state index contributed by atoms with van der Waals surface area (Å²) in [7, 11) is 1.48. The molecule has 10 nitrogen and oxygen atoms in total. The molecule has 1 spiro atoms. The van der Waals surface area contributed by atoms with Crippen LogP contribution >= 0.6 is 31.9 Å². The first kappa shape index (κ1) is 19.8. The van der Waals surface area contributed by atoms with Crippen LogP contribution in [0.3, 0.4) is 0 Å². The number of amides is 2. The minimum Gasteiger partial charge on any atom is -0.495 e. The van der Waals surface area contributed by atoms with Crippen LogP contribution in [0.25, 0.3) is 0 Å². The lowest BCUT2D eigenvalue weighted by atomic mass is 9.87. The van der Waals surface area contributed by atoms with Crippen LogP contribution in [0, 0.1) is 0 Å². The first-order valence-corrected chi connectivity index (χ1v) is 9.54. The van der Waals surface area contributed by atoms with E-state index < -0.39 is 23.7 Å². The second kappa shape index (κ2) is 7.60. The van der Waals surface area contributed by atoms with Crippen LogP contribution in [0.15, 0.2) is 30.9 Å². The van der Waals surface area contributed by atoms with E-state index in [1.54, 1.807) is 6.08 Å². The number of aliphatic hydroxyl groups is 1. The molecule has 2 heterocycles. The molecule has 2 amide bonds. The molecule has 1 unspecified atom stereocenters. The molecule has 0 aromatic carbocycles. The van der Waals surface area contributed by atoms with Gasteiger partial charge in [-0.05, 0) is 44.4 Å². The summed E-state index contributed by atoms with van der Waals surface area (Å²) in [5.74, 6) is -0.237. The molecule has 146 valence electrons. The van der Waals surface area contributed by atoms with Crippen molar-refractivity contribution >= 4 is 55.3 Å². The summed E-state index contributed by atoms with van der Waals surface area (Å²) in [5.41, 5.74) is 4.35. The Kier molecular flexibility index (Phi) is 5.58. The number of nitrogens with zero attached hydrogens (tertiary/aromatic N) is 2. The highest BCUT2D eigenvalue weighted by Gasteiger charge is 2.50. The van der Waals surface area contributed by atoms with Crippen LogP contribution in [-0.4, -0.2) is 60.0 Å². The molecule has 0 aromatic heterocycles. The van der Waals surface area contributed by atoms with Gasteiger partial charge in [-0.3, -0.25) is 14.9 Å². The zero-order chi connectivity index (χ0) is 19.8. The highest BCUT2D eigenvalue weighted by Crippen LogP contribution is 2.43. The number of carbonyl (C=O) groups is 2. The Morgan fingerprint density at radius 1 is 1.59 bits per heavy atom. The van der Waals surface area contributed by atoms with Crippen LogP contribution in [0.1, 0.15) is 12.8 Å². The van der Waals surface area contributed by atoms with Gasteiger partial charge in [0.1, 0.15) is 23.6 Å². The van der Waals surface area contributed by atoms with Crippen LogP contribution < -0.4 is 16.4 Å². The summed E-state index contributed by atoms with van der Waals surface area (Å²) in [5, 5.41) is 19.5. The summed E-state index contributed by atoms with van der Waals surface area (Å²) < 4.78 is 6.17. The number of aliphatic imine (C=N–C) groups is 1. The maximum atomic E-state index is 12.3. The van der Waals surface area contributed by atoms with Crippen molar-refractivity contribution in [3.05, 3.63) is 20.8 Å². The smallest absolute Gasteiger partial charge is 0.269 e. The van der Waals surface area contributed by atoms with Gasteiger partial charge in [-0.1, -0.05) is 5.16 Å². The minimum absolute atomic E-state index is 0.0657. The number of methoxy groups -OCH3 is 1. The molecular formula is C15H17Br2N5O5. The summed E-state index contributed by atoms with van der Waals surface area (Å²) in [6, 6.07) is -0.619. The van der Waals surface area contributed by atoms with Gasteiger partial charge in [-0.2, -0.15) is 0 Å². The van der Waals surface area contributed by atoms with Crippen LogP contribution in [0.5, 0.6) is 0 Å². The zero-order valence-electron chi connectivity index (χ0n) is 14.2. The SMILES string of the molecule is COC1=C(Br)[C@H](O)[C@@]2(C=C1Br)CC(C(=O)NCCC1N=C(N)NC1=O)=NO2. The topological polar surface area (TPSA) is 148 Å². The lowest BCUT2D eigenvalue weighted by Gasteiger charge is -2.33. The van der Waals surface area contributed by atoms with E-state index in [0.29, 0.717) is 21.1 Å². The van der Waals surface area contributed by atoms with Gasteiger partial charge in [0.05, 0.1) is 16.1 Å². The molecule has 3 aliphatic rings. The Bertz CT molecular complexity index is 808. The van der Waals surface area contributed by atoms with Crippen molar-refractivity contribution in [1.29, 1.82) is 0 Å². The number of oxime groups is 1. The number of halogens is 2. The van der Waals surface area contributed by atoms with Gasteiger partial charge in [0.25, 0.3) is 11.8 Å². The normalized spacial score (nSPS) is 29.8. The molecular weight excluding hydrogens is 490 g/mol. The summed E-state index contributed by atoms with van der Waals surface area (Å²) in [4.78, 5) is 33.2. The average Bonchev–Trinajstić information content (AvgIpc) is 3.17. The van der Waals surface area contributed by atoms with E-state index in [4.69, 9.17) is 15.3 Å². The molecule has 2 aliphatic heterocycles. The number of aliphatic hydroxyl groups excluding tert-OH is 1. The lowest BCUT2D eigenvalue weighted by Crippen LogP contribution is -2.45. The van der Waals surface area contributed by atoms with E-state index in [0.717, 1.165) is 0 Å². The third-order valence-corrected chi connectivity index (χ3v) is 5.68. The molecule has 3 atom stereocenters. The van der Waals surface area contributed by atoms with Crippen LogP contribution in [-0.2, 0) is 19.2 Å². The highest BCUT2D eigenvalue weighted by atomic mass is 79.9. The molecule has 5 N–H and O–H groups in total. The number of nitrogens with two attached hydrogens (primary N) is 1. The van der Waals surface area contributed by atoms with E-state index in [1.165, 1.54) is 7.11 Å². The Morgan fingerprint density at radius 3 is 2.96 bits per heavy atom. The van der Waals surface area contributed by atoms with E-state index in [-0.39, 0.29) is 30.5 Å². The third kappa shape index (κ3) is 3.73. The fourth-order valence-electron chi connectivity index (χ4n) is 2.91. The fourth-order valence-corrected chi connectivity index (χ4v) is 4.70. The maximum absolute atomic E-state index is 12.3. The van der Waals surface area contributed by atoms with Crippen LogP contribution in [0.2, 0.25) is 0 Å². The first-order valence-electron chi connectivity index (χ1n) is 7.95. The number of guanidine groups is 1. The Hall–Kier alpha value is -1.92. The van der Waals surface area contributed by atoms with Gasteiger partial charge < -0.3 is 25.7 Å². The Labute approximate surface area is 171 Å². The summed E-state index contributed by atoms with van der Waals surface area (Å²) in [6.07, 6.45) is 0.890. The van der Waals surface area contributed by atoms with Crippen molar-refractivity contribution in [3.8, 4) is 0 Å². The second-order valence-electron chi connectivity index (χ2n) is 6.10. The van der Waals surface area contributed by atoms with Crippen molar-refractivity contribution in [1.82, 2.24) is 10.6 Å². The van der Waals surface area contributed by atoms with E-state index in [2.05, 4.69) is 52.6 Å². The maximum Gasteiger partial charge on any atom is 0.269 e. The number of hydrogen-bond acceptors (Lipinski definition) is 8. The molecule has 0 saturated carbocycles. The molecule has 0 bridgehead atoms. The molecule has 0 aromatic rings. The van der Waals surface area contributed by atoms with Crippen molar-refractivity contribution in [2.45, 2.75) is 30.6 Å². The van der Waals surface area contributed by atoms with Crippen molar-refractivity contribution in [2.24, 2.45) is 15.9 Å². The fraction of sp³-hybridized carbons (Fsp3) is 0.467. The number of rotatable bonds is 5. The average molecular weight is 507 g/mol. The molecule has 0 radical (unpaired) electrons. The predicted molar refractivity (Wildman–Crippen MR) is 103 cm³/mol. The third-order valence-electron chi connectivity index (χ3n) is 4.30. The lowest BCUT2D eigenvalue weighted by molar-refractivity contribution is -0.120. The summed E-state index contributed by atoms with van der Waals surface area (Å²) >= 11 is 6.65. The molecule has 27 heavy (non-hydrogen) atoms. The van der Waals surface area contributed by atoms with Crippen molar-refractivity contribution in [3.63, 3.8) is 0 Å². The van der Waals surface area contributed by atoms with E-state index in [9.17, 15) is 14.7 Å². The van der Waals surface area contributed by atoms with Gasteiger partial charge in [-0.15, -0.1) is 0 Å². The van der Waals surface area contributed by atoms with E-state index >= 15 is 0 Å². The molecule has 0 saturated heterocycles. The van der Waals surface area contributed by atoms with Gasteiger partial charge in [-0.25, -0.2) is 4.99 Å². The first-order chi connectivity index (χ1) is 12.8. The number of hydrogen-bond donors (Lipinski definition) is 4. The quantitative estimate of drug-likeness (QED) is 0.403. The predicted octanol–water partition coefficient (Wildman–Crippen LogP) is -0.273. The molecule has 3 rings (SSSR count). The monoisotopic (exact) mass is 505 g/mol. The van der Waals surface area contributed by atoms with Gasteiger partial charge in [0.15, 0.2) is 11.6 Å². The van der Waals surface area contributed by atoms with Crippen molar-refractivity contribution < 1.29 is 24.3 Å². The zero-order valence-corrected chi connectivity index (χ0v) is 17.3. The molecule has 1 aliphatic carbocycles. The molecule has 0 fully saturated rings. The Balaban J connectivity index is 1.58. The van der Waals surface area contributed by atoms with Gasteiger partial charge in [0, 0.05) is 13.0 Å². The minimum atomic E-state index is -1.21. The van der Waals surface area contributed by atoms with Crippen LogP contribution in [0.4, 0.5) is 0 Å². The number of allylic oxidation sites excluding steroid dienone is 1. The molecule has 12 heteroatoms. The number of nitrogens with one attached hydrogen (secondary N) is 2. The standard InChI is InChI=1S/C15H17Br2N5O5/c1-26-10-6(16)4-15(11(23)9(10)17)5-8(22-27-15)12(24)19-3-2-7-13(25)21-14(18)20-7/h4,7,11,23H,2-3,5H2,1H3,(H,19,24)(H3,18,20,21,25)/t7?,11-,15+/m0/s1. The largest absolute Gasteiger partial charge is 0.495 e. The summed E-state index contributed by atoms with van der Waals surface area (Å²) in [6.45, 7) is 0.208. The number of carbonyl (C=O) groups excluding carboxylic acids is 2. The van der Waals surface area contributed by atoms with Gasteiger partial charge >= 0.3 is 0 Å².